The summed E-state index contributed by atoms with van der Waals surface area (Å²) in [7, 11) is 0. The maximum absolute atomic E-state index is 10.1. The Balaban J connectivity index is 1.37. The minimum Gasteiger partial charge on any atom is -0.395 e. The van der Waals surface area contributed by atoms with Crippen molar-refractivity contribution < 1.29 is 14.9 Å². The van der Waals surface area contributed by atoms with Gasteiger partial charge in [0.25, 0.3) is 0 Å². The van der Waals surface area contributed by atoms with Crippen LogP contribution in [0.3, 0.4) is 0 Å². The average molecular weight is 590 g/mol. The first-order chi connectivity index (χ1) is 16.2. The molecule has 0 spiro atoms. The van der Waals surface area contributed by atoms with Gasteiger partial charge in [0.1, 0.15) is 0 Å². The number of aliphatic hydroxyl groups excluding tert-OH is 2. The molecule has 4 rings (SSSR count). The molecule has 198 valence electrons. The summed E-state index contributed by atoms with van der Waals surface area (Å²) in [6.07, 6.45) is 15.4. The van der Waals surface area contributed by atoms with E-state index >= 15 is 0 Å². The fourth-order valence-electron chi connectivity index (χ4n) is 9.32. The van der Waals surface area contributed by atoms with Gasteiger partial charge in [-0.25, -0.2) is 0 Å². The highest BCUT2D eigenvalue weighted by molar-refractivity contribution is 14.1. The molecule has 10 atom stereocenters. The van der Waals surface area contributed by atoms with Crippen molar-refractivity contribution in [3.05, 3.63) is 0 Å². The summed E-state index contributed by atoms with van der Waals surface area (Å²) in [6, 6.07) is 0. The Morgan fingerprint density at radius 3 is 2.44 bits per heavy atom. The van der Waals surface area contributed by atoms with Crippen molar-refractivity contribution in [1.29, 1.82) is 0 Å². The molecule has 4 aliphatic rings. The van der Waals surface area contributed by atoms with Crippen LogP contribution in [0.2, 0.25) is 0 Å². The van der Waals surface area contributed by atoms with Crippen LogP contribution in [0.15, 0.2) is 0 Å². The summed E-state index contributed by atoms with van der Waals surface area (Å²) in [6.45, 7) is 10.4. The summed E-state index contributed by atoms with van der Waals surface area (Å²) in [5, 5.41) is 21.9. The predicted molar refractivity (Wildman–Crippen MR) is 148 cm³/mol. The average Bonchev–Trinajstić information content (AvgIpc) is 3.15. The number of halogens is 1. The number of alkyl halides is 1. The van der Waals surface area contributed by atoms with Gasteiger partial charge in [-0.2, -0.15) is 0 Å². The highest BCUT2D eigenvalue weighted by atomic mass is 127. The third kappa shape index (κ3) is 5.54. The number of hydrogen-bond donors (Lipinski definition) is 3. The maximum Gasteiger partial charge on any atom is 0.213 e. The van der Waals surface area contributed by atoms with E-state index in [-0.39, 0.29) is 12.7 Å². The molecular weight excluding hydrogens is 537 g/mol. The molecule has 0 aromatic rings. The molecule has 4 nitrogen and oxygen atoms in total. The van der Waals surface area contributed by atoms with Crippen LogP contribution in [0.25, 0.3) is 0 Å². The Kier molecular flexibility index (Phi) is 9.36. The number of ether oxygens (including phenoxy) is 1. The van der Waals surface area contributed by atoms with Crippen molar-refractivity contribution in [3.8, 4) is 0 Å². The molecule has 3 unspecified atom stereocenters. The van der Waals surface area contributed by atoms with Crippen LogP contribution >= 0.6 is 22.6 Å². The Hall–Kier alpha value is 0.570. The largest absolute Gasteiger partial charge is 0.395 e. The van der Waals surface area contributed by atoms with Crippen molar-refractivity contribution in [3.63, 3.8) is 0 Å². The third-order valence-corrected chi connectivity index (χ3v) is 12.6. The van der Waals surface area contributed by atoms with Gasteiger partial charge < -0.3 is 14.9 Å². The molecule has 0 heterocycles. The number of fused-ring (bicyclic) bond motifs is 5. The lowest BCUT2D eigenvalue weighted by atomic mass is 9.44. The zero-order valence-corrected chi connectivity index (χ0v) is 24.4. The lowest BCUT2D eigenvalue weighted by Gasteiger charge is -2.61. The van der Waals surface area contributed by atoms with E-state index in [4.69, 9.17) is 9.84 Å². The van der Waals surface area contributed by atoms with Gasteiger partial charge in [-0.1, -0.05) is 63.1 Å². The van der Waals surface area contributed by atoms with Crippen molar-refractivity contribution in [1.82, 2.24) is 5.32 Å². The first kappa shape index (κ1) is 27.6. The van der Waals surface area contributed by atoms with Gasteiger partial charge in [0.05, 0.1) is 12.7 Å². The van der Waals surface area contributed by atoms with Crippen molar-refractivity contribution in [2.24, 2.45) is 46.3 Å². The molecule has 34 heavy (non-hydrogen) atoms. The Morgan fingerprint density at radius 1 is 0.971 bits per heavy atom. The molecule has 3 N–H and O–H groups in total. The fraction of sp³-hybridized carbons (Fsp3) is 1.00. The highest BCUT2D eigenvalue weighted by Crippen LogP contribution is 2.68. The molecule has 0 saturated heterocycles. The van der Waals surface area contributed by atoms with E-state index < -0.39 is 6.41 Å². The molecule has 4 saturated carbocycles. The Bertz CT molecular complexity index is 661. The highest BCUT2D eigenvalue weighted by Gasteiger charge is 2.60. The van der Waals surface area contributed by atoms with E-state index in [0.29, 0.717) is 17.4 Å². The molecule has 0 bridgehead atoms. The lowest BCUT2D eigenvalue weighted by Crippen LogP contribution is -2.54. The van der Waals surface area contributed by atoms with Crippen LogP contribution in [0, 0.1) is 46.3 Å². The SMILES string of the molecule is CC(C)CCC[C@@H](I)C1CC[C@H]2[C@@H]3CCC4C[C@@H](OC(O)NCCO)CC[C@]4(C)[C@@H]3CC[C@]12C. The molecule has 0 amide bonds. The minimum atomic E-state index is -0.953. The molecule has 0 aromatic carbocycles. The van der Waals surface area contributed by atoms with Crippen molar-refractivity contribution >= 4 is 22.6 Å². The van der Waals surface area contributed by atoms with E-state index in [1.165, 1.54) is 64.2 Å². The van der Waals surface area contributed by atoms with Gasteiger partial charge in [-0.15, -0.1) is 0 Å². The quantitative estimate of drug-likeness (QED) is 0.154. The number of nitrogens with one attached hydrogen (secondary N) is 1. The lowest BCUT2D eigenvalue weighted by molar-refractivity contribution is -0.191. The van der Waals surface area contributed by atoms with Gasteiger partial charge >= 0.3 is 0 Å². The van der Waals surface area contributed by atoms with Crippen LogP contribution in [0.4, 0.5) is 0 Å². The van der Waals surface area contributed by atoms with Gasteiger partial charge in [-0.05, 0) is 111 Å². The van der Waals surface area contributed by atoms with Crippen molar-refractivity contribution in [2.75, 3.05) is 13.2 Å². The van der Waals surface area contributed by atoms with Crippen LogP contribution in [-0.2, 0) is 4.74 Å². The second kappa shape index (κ2) is 11.5. The van der Waals surface area contributed by atoms with Gasteiger partial charge in [0, 0.05) is 10.5 Å². The van der Waals surface area contributed by atoms with Crippen LogP contribution in [-0.4, -0.2) is 39.8 Å². The molecule has 4 fully saturated rings. The minimum absolute atomic E-state index is 0.0199. The number of aliphatic hydroxyl groups is 2. The van der Waals surface area contributed by atoms with Crippen molar-refractivity contribution in [2.45, 2.75) is 121 Å². The van der Waals surface area contributed by atoms with Gasteiger partial charge in [0.15, 0.2) is 0 Å². The second-order valence-corrected chi connectivity index (χ2v) is 14.9. The monoisotopic (exact) mass is 589 g/mol. The first-order valence-corrected chi connectivity index (χ1v) is 15.8. The van der Waals surface area contributed by atoms with E-state index in [1.807, 2.05) is 0 Å². The van der Waals surface area contributed by atoms with Crippen LogP contribution in [0.5, 0.6) is 0 Å². The topological polar surface area (TPSA) is 61.7 Å². The van der Waals surface area contributed by atoms with Gasteiger partial charge in [0.2, 0.25) is 6.41 Å². The van der Waals surface area contributed by atoms with E-state index in [9.17, 15) is 5.11 Å². The molecule has 0 aliphatic heterocycles. The third-order valence-electron chi connectivity index (χ3n) is 11.1. The summed E-state index contributed by atoms with van der Waals surface area (Å²) < 4.78 is 6.78. The van der Waals surface area contributed by atoms with Crippen LogP contribution in [0.1, 0.15) is 105 Å². The zero-order chi connectivity index (χ0) is 24.5. The summed E-state index contributed by atoms with van der Waals surface area (Å²) in [5.74, 6) is 5.24. The molecule has 4 aliphatic carbocycles. The summed E-state index contributed by atoms with van der Waals surface area (Å²) in [5.41, 5.74) is 1.02. The van der Waals surface area contributed by atoms with E-state index in [1.54, 1.807) is 0 Å². The maximum atomic E-state index is 10.1. The fourth-order valence-corrected chi connectivity index (χ4v) is 10.9. The summed E-state index contributed by atoms with van der Waals surface area (Å²) >= 11 is 2.84. The normalized spacial score (nSPS) is 43.8. The molecule has 0 aromatic heterocycles. The standard InChI is InChI=1S/C29H52INO3/c1-19(2)6-5-7-26(30)25-11-10-23-22-9-8-20-18-21(34-27(33)31-16-17-32)12-14-28(20,3)24(22)13-15-29(23,25)4/h19-27,31-33H,5-18H2,1-4H3/t20?,21-,22-,23-,24+,25?,26+,27?,28-,29-/m0/s1. The smallest absolute Gasteiger partial charge is 0.213 e. The number of hydrogen-bond acceptors (Lipinski definition) is 4. The number of rotatable bonds is 10. The van der Waals surface area contributed by atoms with Gasteiger partial charge in [-0.3, -0.25) is 5.32 Å². The zero-order valence-electron chi connectivity index (χ0n) is 22.3. The Morgan fingerprint density at radius 2 is 1.71 bits per heavy atom. The van der Waals surface area contributed by atoms with E-state index in [2.05, 4.69) is 55.6 Å². The summed E-state index contributed by atoms with van der Waals surface area (Å²) in [4.78, 5) is 0. The van der Waals surface area contributed by atoms with Crippen LogP contribution < -0.4 is 5.32 Å². The first-order valence-electron chi connectivity index (χ1n) is 14.5. The molecular formula is C29H52INO3. The molecule has 5 heteroatoms. The Labute approximate surface area is 222 Å². The predicted octanol–water partition coefficient (Wildman–Crippen LogP) is 6.52. The van der Waals surface area contributed by atoms with E-state index in [0.717, 1.165) is 52.3 Å². The second-order valence-electron chi connectivity index (χ2n) is 13.3. The molecule has 0 radical (unpaired) electrons.